The van der Waals surface area contributed by atoms with Gasteiger partial charge in [0, 0.05) is 19.0 Å². The first kappa shape index (κ1) is 19.1. The number of phenolic OH excluding ortho intramolecular Hbond substituents is 1. The quantitative estimate of drug-likeness (QED) is 0.654. The van der Waals surface area contributed by atoms with Crippen molar-refractivity contribution in [3.05, 3.63) is 64.2 Å². The van der Waals surface area contributed by atoms with Gasteiger partial charge in [-0.3, -0.25) is 9.59 Å². The lowest BCUT2D eigenvalue weighted by atomic mass is 9.91. The van der Waals surface area contributed by atoms with Gasteiger partial charge in [0.15, 0.2) is 17.3 Å². The summed E-state index contributed by atoms with van der Waals surface area (Å²) in [5.74, 6) is -1.19. The van der Waals surface area contributed by atoms with Crippen LogP contribution < -0.4 is 15.5 Å². The molecule has 0 radical (unpaired) electrons. The Morgan fingerprint density at radius 1 is 1.38 bits per heavy atom. The van der Waals surface area contributed by atoms with Crippen LogP contribution in [0, 0.1) is 6.92 Å². The highest BCUT2D eigenvalue weighted by Gasteiger charge is 2.26. The molecular formula is C19H21NO6. The number of rotatable bonds is 7. The van der Waals surface area contributed by atoms with E-state index in [0.717, 1.165) is 0 Å². The first-order valence-electron chi connectivity index (χ1n) is 7.95. The molecule has 0 saturated carbocycles. The van der Waals surface area contributed by atoms with Crippen LogP contribution in [0.3, 0.4) is 0 Å². The van der Waals surface area contributed by atoms with Crippen LogP contribution in [0.2, 0.25) is 0 Å². The lowest BCUT2D eigenvalue weighted by Gasteiger charge is -2.18. The fourth-order valence-electron chi connectivity index (χ4n) is 2.58. The number of phenols is 1. The third-order valence-electron chi connectivity index (χ3n) is 3.83. The van der Waals surface area contributed by atoms with Gasteiger partial charge in [0.2, 0.25) is 17.1 Å². The molecule has 1 amide bonds. The van der Waals surface area contributed by atoms with Gasteiger partial charge in [0.1, 0.15) is 5.76 Å². The van der Waals surface area contributed by atoms with E-state index in [1.165, 1.54) is 25.3 Å². The molecule has 138 valence electrons. The first-order chi connectivity index (χ1) is 12.4. The van der Waals surface area contributed by atoms with Gasteiger partial charge < -0.3 is 24.7 Å². The molecule has 7 heteroatoms. The number of aromatic hydroxyl groups is 2. The largest absolute Gasteiger partial charge is 0.504 e. The molecule has 0 aliphatic heterocycles. The van der Waals surface area contributed by atoms with Crippen LogP contribution in [0.1, 0.15) is 29.4 Å². The summed E-state index contributed by atoms with van der Waals surface area (Å²) in [6.45, 7) is 5.40. The molecule has 7 nitrogen and oxygen atoms in total. The Labute approximate surface area is 150 Å². The van der Waals surface area contributed by atoms with Crippen LogP contribution in [0.4, 0.5) is 0 Å². The van der Waals surface area contributed by atoms with E-state index in [1.807, 2.05) is 0 Å². The van der Waals surface area contributed by atoms with E-state index >= 15 is 0 Å². The molecule has 0 aliphatic carbocycles. The van der Waals surface area contributed by atoms with Crippen LogP contribution in [-0.4, -0.2) is 29.8 Å². The number of benzene rings is 1. The summed E-state index contributed by atoms with van der Waals surface area (Å²) in [6, 6.07) is 5.69. The van der Waals surface area contributed by atoms with Gasteiger partial charge in [0.05, 0.1) is 13.0 Å². The number of ether oxygens (including phenoxy) is 1. The minimum Gasteiger partial charge on any atom is -0.504 e. The maximum absolute atomic E-state index is 12.2. The van der Waals surface area contributed by atoms with Gasteiger partial charge in [-0.15, -0.1) is 6.58 Å². The van der Waals surface area contributed by atoms with Gasteiger partial charge in [-0.1, -0.05) is 12.1 Å². The molecule has 26 heavy (non-hydrogen) atoms. The molecule has 1 aromatic carbocycles. The Balaban J connectivity index is 2.54. The van der Waals surface area contributed by atoms with Crippen LogP contribution in [0.5, 0.6) is 17.2 Å². The molecule has 1 atom stereocenters. The third kappa shape index (κ3) is 4.24. The van der Waals surface area contributed by atoms with Crippen molar-refractivity contribution in [3.63, 3.8) is 0 Å². The molecule has 0 fully saturated rings. The number of methoxy groups -OCH3 is 1. The molecule has 2 rings (SSSR count). The van der Waals surface area contributed by atoms with Crippen molar-refractivity contribution < 1.29 is 24.2 Å². The minimum atomic E-state index is -0.748. The lowest BCUT2D eigenvalue weighted by molar-refractivity contribution is -0.121. The molecule has 0 spiro atoms. The number of nitrogens with one attached hydrogen (secondary N) is 1. The number of hydrogen-bond acceptors (Lipinski definition) is 6. The van der Waals surface area contributed by atoms with E-state index in [9.17, 15) is 19.8 Å². The van der Waals surface area contributed by atoms with Gasteiger partial charge in [0.25, 0.3) is 0 Å². The molecule has 1 aromatic heterocycles. The number of amides is 1. The van der Waals surface area contributed by atoms with E-state index < -0.39 is 17.1 Å². The molecule has 0 aliphatic rings. The van der Waals surface area contributed by atoms with Crippen molar-refractivity contribution in [2.45, 2.75) is 19.3 Å². The van der Waals surface area contributed by atoms with E-state index in [0.29, 0.717) is 11.3 Å². The van der Waals surface area contributed by atoms with Crippen LogP contribution in [0.25, 0.3) is 0 Å². The predicted molar refractivity (Wildman–Crippen MR) is 95.7 cm³/mol. The topological polar surface area (TPSA) is 109 Å². The van der Waals surface area contributed by atoms with Crippen molar-refractivity contribution in [2.75, 3.05) is 13.7 Å². The van der Waals surface area contributed by atoms with Crippen molar-refractivity contribution >= 4 is 5.91 Å². The fraction of sp³-hybridized carbons (Fsp3) is 0.263. The van der Waals surface area contributed by atoms with Crippen molar-refractivity contribution in [1.82, 2.24) is 5.32 Å². The zero-order valence-electron chi connectivity index (χ0n) is 14.6. The predicted octanol–water partition coefficient (Wildman–Crippen LogP) is 2.19. The van der Waals surface area contributed by atoms with Gasteiger partial charge in [-0.05, 0) is 24.6 Å². The van der Waals surface area contributed by atoms with Crippen molar-refractivity contribution in [3.8, 4) is 17.2 Å². The Morgan fingerprint density at radius 3 is 2.77 bits per heavy atom. The standard InChI is InChI=1S/C19H21NO6/c1-4-7-20-17(23)10-13(12-5-6-14(21)16(9-12)25-3)19-18(24)15(22)8-11(2)26-19/h4-6,8-9,13,21,24H,1,7,10H2,2-3H3,(H,20,23)/t13-/m0/s1. The average Bonchev–Trinajstić information content (AvgIpc) is 2.61. The van der Waals surface area contributed by atoms with Crippen LogP contribution in [0.15, 0.2) is 46.1 Å². The fourth-order valence-corrected chi connectivity index (χ4v) is 2.58. The van der Waals surface area contributed by atoms with E-state index in [1.54, 1.807) is 19.1 Å². The van der Waals surface area contributed by atoms with E-state index in [-0.39, 0.29) is 36.1 Å². The average molecular weight is 359 g/mol. The monoisotopic (exact) mass is 359 g/mol. The number of hydrogen-bond donors (Lipinski definition) is 3. The zero-order chi connectivity index (χ0) is 19.3. The molecule has 0 saturated heterocycles. The first-order valence-corrected chi connectivity index (χ1v) is 7.95. The Hall–Kier alpha value is -3.22. The molecular weight excluding hydrogens is 338 g/mol. The minimum absolute atomic E-state index is 0.0171. The maximum atomic E-state index is 12.2. The smallest absolute Gasteiger partial charge is 0.227 e. The molecule has 2 aromatic rings. The van der Waals surface area contributed by atoms with Gasteiger partial charge in [-0.2, -0.15) is 0 Å². The third-order valence-corrected chi connectivity index (χ3v) is 3.83. The molecule has 1 heterocycles. The lowest BCUT2D eigenvalue weighted by Crippen LogP contribution is -2.25. The summed E-state index contributed by atoms with van der Waals surface area (Å²) in [7, 11) is 1.40. The van der Waals surface area contributed by atoms with Crippen LogP contribution in [-0.2, 0) is 4.79 Å². The second-order valence-electron chi connectivity index (χ2n) is 5.71. The summed E-state index contributed by atoms with van der Waals surface area (Å²) >= 11 is 0. The second-order valence-corrected chi connectivity index (χ2v) is 5.71. The highest BCUT2D eigenvalue weighted by Crippen LogP contribution is 2.37. The summed E-state index contributed by atoms with van der Waals surface area (Å²) in [5.41, 5.74) is -0.0524. The van der Waals surface area contributed by atoms with E-state index in [2.05, 4.69) is 11.9 Å². The van der Waals surface area contributed by atoms with Crippen LogP contribution >= 0.6 is 0 Å². The van der Waals surface area contributed by atoms with E-state index in [4.69, 9.17) is 9.15 Å². The normalized spacial score (nSPS) is 11.6. The molecule has 0 bridgehead atoms. The summed E-state index contributed by atoms with van der Waals surface area (Å²) in [4.78, 5) is 24.2. The Morgan fingerprint density at radius 2 is 2.12 bits per heavy atom. The molecule has 0 unspecified atom stereocenters. The second kappa shape index (κ2) is 8.24. The Kier molecular flexibility index (Phi) is 6.06. The maximum Gasteiger partial charge on any atom is 0.227 e. The van der Waals surface area contributed by atoms with Crippen molar-refractivity contribution in [1.29, 1.82) is 0 Å². The highest BCUT2D eigenvalue weighted by molar-refractivity contribution is 5.77. The number of carbonyl (C=O) groups is 1. The van der Waals surface area contributed by atoms with Gasteiger partial charge in [-0.25, -0.2) is 0 Å². The number of carbonyl (C=O) groups excluding carboxylic acids is 1. The van der Waals surface area contributed by atoms with Gasteiger partial charge >= 0.3 is 0 Å². The Bertz CT molecular complexity index is 871. The zero-order valence-corrected chi connectivity index (χ0v) is 14.6. The summed E-state index contributed by atoms with van der Waals surface area (Å²) in [6.07, 6.45) is 1.46. The highest BCUT2D eigenvalue weighted by atomic mass is 16.5. The molecule has 3 N–H and O–H groups in total. The summed E-state index contributed by atoms with van der Waals surface area (Å²) < 4.78 is 10.7. The number of aryl methyl sites for hydroxylation is 1. The SMILES string of the molecule is C=CCNC(=O)C[C@@H](c1ccc(O)c(OC)c1)c1oc(C)cc(=O)c1O. The summed E-state index contributed by atoms with van der Waals surface area (Å²) in [5, 5.41) is 22.6. The van der Waals surface area contributed by atoms with Crippen molar-refractivity contribution in [2.24, 2.45) is 0 Å².